The Hall–Kier alpha value is -1.61. The zero-order valence-corrected chi connectivity index (χ0v) is 11.4. The van der Waals surface area contributed by atoms with Crippen LogP contribution in [0.1, 0.15) is 29.3 Å². The van der Waals surface area contributed by atoms with Crippen molar-refractivity contribution in [1.29, 1.82) is 0 Å². The van der Waals surface area contributed by atoms with Crippen LogP contribution in [0.3, 0.4) is 0 Å². The molecule has 0 aliphatic carbocycles. The lowest BCUT2D eigenvalue weighted by molar-refractivity contribution is 0.678. The monoisotopic (exact) mass is 243 g/mol. The van der Waals surface area contributed by atoms with Gasteiger partial charge in [0.25, 0.3) is 0 Å². The standard InChI is InChI=1S/C15H21N3/c1-4-16-9-15-11-18(17-13(15)3)10-14-7-5-12(2)6-8-14/h5-8,11,16H,4,9-10H2,1-3H3. The summed E-state index contributed by atoms with van der Waals surface area (Å²) in [7, 11) is 0. The Bertz CT molecular complexity index is 497. The van der Waals surface area contributed by atoms with E-state index in [1.54, 1.807) is 0 Å². The maximum Gasteiger partial charge on any atom is 0.0659 e. The molecule has 0 saturated carbocycles. The van der Waals surface area contributed by atoms with Gasteiger partial charge >= 0.3 is 0 Å². The predicted octanol–water partition coefficient (Wildman–Crippen LogP) is 2.66. The van der Waals surface area contributed by atoms with Gasteiger partial charge in [-0.25, -0.2) is 0 Å². The Kier molecular flexibility index (Phi) is 4.15. The average molecular weight is 243 g/mol. The van der Waals surface area contributed by atoms with Gasteiger partial charge in [0.15, 0.2) is 0 Å². The van der Waals surface area contributed by atoms with Crippen LogP contribution in [0.2, 0.25) is 0 Å². The molecule has 0 aliphatic rings. The van der Waals surface area contributed by atoms with Crippen LogP contribution in [0.5, 0.6) is 0 Å². The minimum atomic E-state index is 0.841. The SMILES string of the molecule is CCNCc1cn(Cc2ccc(C)cc2)nc1C. The van der Waals surface area contributed by atoms with Crippen LogP contribution in [0.25, 0.3) is 0 Å². The van der Waals surface area contributed by atoms with Crippen LogP contribution in [0.15, 0.2) is 30.5 Å². The quantitative estimate of drug-likeness (QED) is 0.875. The van der Waals surface area contributed by atoms with E-state index in [1.165, 1.54) is 16.7 Å². The molecular weight excluding hydrogens is 222 g/mol. The molecular formula is C15H21N3. The highest BCUT2D eigenvalue weighted by molar-refractivity contribution is 5.22. The molecule has 1 heterocycles. The minimum Gasteiger partial charge on any atom is -0.313 e. The molecule has 3 heteroatoms. The Balaban J connectivity index is 2.07. The maximum absolute atomic E-state index is 4.56. The first-order chi connectivity index (χ1) is 8.69. The summed E-state index contributed by atoms with van der Waals surface area (Å²) in [4.78, 5) is 0. The molecule has 0 saturated heterocycles. The van der Waals surface area contributed by atoms with Gasteiger partial charge in [-0.2, -0.15) is 5.10 Å². The summed E-state index contributed by atoms with van der Waals surface area (Å²) in [6.45, 7) is 9.02. The summed E-state index contributed by atoms with van der Waals surface area (Å²) >= 11 is 0. The number of aryl methyl sites for hydroxylation is 2. The van der Waals surface area contributed by atoms with Crippen LogP contribution in [0.4, 0.5) is 0 Å². The number of benzene rings is 1. The number of rotatable bonds is 5. The van der Waals surface area contributed by atoms with E-state index in [2.05, 4.69) is 61.6 Å². The molecule has 0 unspecified atom stereocenters. The Morgan fingerprint density at radius 3 is 2.56 bits per heavy atom. The zero-order chi connectivity index (χ0) is 13.0. The van der Waals surface area contributed by atoms with Crippen molar-refractivity contribution in [2.75, 3.05) is 6.54 Å². The molecule has 1 N–H and O–H groups in total. The second kappa shape index (κ2) is 5.83. The van der Waals surface area contributed by atoms with Crippen molar-refractivity contribution in [2.24, 2.45) is 0 Å². The topological polar surface area (TPSA) is 29.9 Å². The lowest BCUT2D eigenvalue weighted by Gasteiger charge is -2.02. The van der Waals surface area contributed by atoms with Crippen molar-refractivity contribution in [3.8, 4) is 0 Å². The Morgan fingerprint density at radius 2 is 1.89 bits per heavy atom. The van der Waals surface area contributed by atoms with Gasteiger partial charge in [0, 0.05) is 18.3 Å². The smallest absolute Gasteiger partial charge is 0.0659 e. The fraction of sp³-hybridized carbons (Fsp3) is 0.400. The van der Waals surface area contributed by atoms with Gasteiger partial charge in [0.2, 0.25) is 0 Å². The van der Waals surface area contributed by atoms with Crippen molar-refractivity contribution < 1.29 is 0 Å². The highest BCUT2D eigenvalue weighted by Crippen LogP contribution is 2.09. The molecule has 0 spiro atoms. The van der Waals surface area contributed by atoms with E-state index in [0.29, 0.717) is 0 Å². The van der Waals surface area contributed by atoms with Gasteiger partial charge in [-0.05, 0) is 26.0 Å². The molecule has 2 rings (SSSR count). The first-order valence-corrected chi connectivity index (χ1v) is 6.48. The highest BCUT2D eigenvalue weighted by Gasteiger charge is 2.04. The zero-order valence-electron chi connectivity index (χ0n) is 11.4. The normalized spacial score (nSPS) is 10.8. The molecule has 1 aromatic heterocycles. The van der Waals surface area contributed by atoms with E-state index < -0.39 is 0 Å². The fourth-order valence-electron chi connectivity index (χ4n) is 1.95. The molecule has 0 atom stereocenters. The molecule has 96 valence electrons. The second-order valence-corrected chi connectivity index (χ2v) is 4.70. The first kappa shape index (κ1) is 12.8. The van der Waals surface area contributed by atoms with Gasteiger partial charge in [0.05, 0.1) is 12.2 Å². The molecule has 0 radical (unpaired) electrons. The van der Waals surface area contributed by atoms with Crippen LogP contribution >= 0.6 is 0 Å². The van der Waals surface area contributed by atoms with Gasteiger partial charge < -0.3 is 5.32 Å². The second-order valence-electron chi connectivity index (χ2n) is 4.70. The maximum atomic E-state index is 4.56. The van der Waals surface area contributed by atoms with E-state index in [4.69, 9.17) is 0 Å². The highest BCUT2D eigenvalue weighted by atomic mass is 15.3. The van der Waals surface area contributed by atoms with Crippen molar-refractivity contribution in [1.82, 2.24) is 15.1 Å². The lowest BCUT2D eigenvalue weighted by Crippen LogP contribution is -2.11. The van der Waals surface area contributed by atoms with E-state index >= 15 is 0 Å². The van der Waals surface area contributed by atoms with Gasteiger partial charge in [0.1, 0.15) is 0 Å². The molecule has 3 nitrogen and oxygen atoms in total. The molecule has 2 aromatic rings. The third-order valence-electron chi connectivity index (χ3n) is 3.08. The van der Waals surface area contributed by atoms with Gasteiger partial charge in [-0.3, -0.25) is 4.68 Å². The third-order valence-corrected chi connectivity index (χ3v) is 3.08. The Morgan fingerprint density at radius 1 is 1.17 bits per heavy atom. The van der Waals surface area contributed by atoms with Crippen molar-refractivity contribution in [3.05, 3.63) is 52.8 Å². The molecule has 1 aromatic carbocycles. The van der Waals surface area contributed by atoms with Crippen LogP contribution < -0.4 is 5.32 Å². The molecule has 0 aliphatic heterocycles. The van der Waals surface area contributed by atoms with E-state index in [-0.39, 0.29) is 0 Å². The van der Waals surface area contributed by atoms with Crippen LogP contribution in [0, 0.1) is 13.8 Å². The number of nitrogens with zero attached hydrogens (tertiary/aromatic N) is 2. The molecule has 0 fully saturated rings. The van der Waals surface area contributed by atoms with Crippen LogP contribution in [-0.2, 0) is 13.1 Å². The molecule has 0 amide bonds. The number of aromatic nitrogens is 2. The van der Waals surface area contributed by atoms with Crippen LogP contribution in [-0.4, -0.2) is 16.3 Å². The van der Waals surface area contributed by atoms with E-state index in [1.807, 2.05) is 4.68 Å². The average Bonchev–Trinajstić information content (AvgIpc) is 2.70. The Labute approximate surface area is 109 Å². The van der Waals surface area contributed by atoms with Crippen molar-refractivity contribution in [2.45, 2.75) is 33.9 Å². The van der Waals surface area contributed by atoms with Crippen molar-refractivity contribution >= 4 is 0 Å². The summed E-state index contributed by atoms with van der Waals surface area (Å²) in [6, 6.07) is 8.61. The van der Waals surface area contributed by atoms with E-state index in [0.717, 1.165) is 25.3 Å². The van der Waals surface area contributed by atoms with Gasteiger partial charge in [-0.1, -0.05) is 36.8 Å². The number of nitrogens with one attached hydrogen (secondary N) is 1. The predicted molar refractivity (Wildman–Crippen MR) is 74.6 cm³/mol. The summed E-state index contributed by atoms with van der Waals surface area (Å²) in [5, 5.41) is 7.89. The van der Waals surface area contributed by atoms with Gasteiger partial charge in [-0.15, -0.1) is 0 Å². The molecule has 0 bridgehead atoms. The summed E-state index contributed by atoms with van der Waals surface area (Å²) in [5.41, 5.74) is 4.98. The fourth-order valence-corrected chi connectivity index (χ4v) is 1.95. The largest absolute Gasteiger partial charge is 0.313 e. The van der Waals surface area contributed by atoms with E-state index in [9.17, 15) is 0 Å². The third kappa shape index (κ3) is 3.20. The summed E-state index contributed by atoms with van der Waals surface area (Å²) < 4.78 is 2.02. The summed E-state index contributed by atoms with van der Waals surface area (Å²) in [5.74, 6) is 0. The lowest BCUT2D eigenvalue weighted by atomic mass is 10.1. The number of hydrogen-bond donors (Lipinski definition) is 1. The molecule has 18 heavy (non-hydrogen) atoms. The first-order valence-electron chi connectivity index (χ1n) is 6.48. The minimum absolute atomic E-state index is 0.841. The van der Waals surface area contributed by atoms with Crippen molar-refractivity contribution in [3.63, 3.8) is 0 Å². The summed E-state index contributed by atoms with van der Waals surface area (Å²) in [6.07, 6.45) is 2.14. The number of hydrogen-bond acceptors (Lipinski definition) is 2.